The molecule has 2 N–H and O–H groups in total. The topological polar surface area (TPSA) is 70.2 Å². The van der Waals surface area contributed by atoms with Gasteiger partial charge in [-0.25, -0.2) is 4.98 Å². The molecule has 2 aromatic rings. The first kappa shape index (κ1) is 8.06. The smallest absolute Gasteiger partial charge is 0.161 e. The van der Waals surface area contributed by atoms with Gasteiger partial charge in [0.2, 0.25) is 0 Å². The zero-order valence-electron chi connectivity index (χ0n) is 6.90. The minimum Gasteiger partial charge on any atom is -0.342 e. The average molecular weight is 193 g/mol. The lowest BCUT2D eigenvalue weighted by atomic mass is 10.4. The van der Waals surface area contributed by atoms with Crippen molar-refractivity contribution in [2.24, 2.45) is 0 Å². The van der Waals surface area contributed by atoms with Crippen LogP contribution in [0.3, 0.4) is 0 Å². The van der Waals surface area contributed by atoms with Gasteiger partial charge in [-0.3, -0.25) is 0 Å². The molecule has 2 heterocycles. The van der Waals surface area contributed by atoms with Gasteiger partial charge in [-0.05, 0) is 13.0 Å². The molecule has 0 unspecified atom stereocenters. The Morgan fingerprint density at radius 2 is 2.31 bits per heavy atom. The Balaban J connectivity index is 2.59. The van der Waals surface area contributed by atoms with Gasteiger partial charge in [0.25, 0.3) is 0 Å². The molecular formula is C7H7N5S. The minimum absolute atomic E-state index is 0.550. The summed E-state index contributed by atoms with van der Waals surface area (Å²) in [4.78, 5) is 7.16. The Bertz CT molecular complexity index is 458. The Morgan fingerprint density at radius 3 is 2.92 bits per heavy atom. The van der Waals surface area contributed by atoms with Crippen LogP contribution in [0.15, 0.2) is 12.3 Å². The van der Waals surface area contributed by atoms with E-state index in [4.69, 9.17) is 12.2 Å². The van der Waals surface area contributed by atoms with E-state index < -0.39 is 0 Å². The summed E-state index contributed by atoms with van der Waals surface area (Å²) in [5.41, 5.74) is 1.62. The van der Waals surface area contributed by atoms with Crippen LogP contribution < -0.4 is 0 Å². The van der Waals surface area contributed by atoms with E-state index in [2.05, 4.69) is 25.4 Å². The molecule has 6 heteroatoms. The zero-order chi connectivity index (χ0) is 9.26. The maximum atomic E-state index is 4.97. The third-order valence-electron chi connectivity index (χ3n) is 1.54. The van der Waals surface area contributed by atoms with E-state index in [0.29, 0.717) is 16.2 Å². The highest BCUT2D eigenvalue weighted by molar-refractivity contribution is 7.71. The largest absolute Gasteiger partial charge is 0.342 e. The molecule has 13 heavy (non-hydrogen) atoms. The van der Waals surface area contributed by atoms with Crippen molar-refractivity contribution in [1.29, 1.82) is 0 Å². The van der Waals surface area contributed by atoms with Gasteiger partial charge < -0.3 is 4.98 Å². The first-order chi connectivity index (χ1) is 6.25. The number of nitrogens with one attached hydrogen (secondary N) is 2. The SMILES string of the molecule is Cc1cc(=S)nc(-c2cn[nH]n2)[nH]1. The summed E-state index contributed by atoms with van der Waals surface area (Å²) in [5.74, 6) is 0.638. The average Bonchev–Trinajstić information content (AvgIpc) is 2.53. The van der Waals surface area contributed by atoms with Gasteiger partial charge >= 0.3 is 0 Å². The van der Waals surface area contributed by atoms with Crippen molar-refractivity contribution < 1.29 is 0 Å². The summed E-state index contributed by atoms with van der Waals surface area (Å²) in [5, 5.41) is 10.1. The summed E-state index contributed by atoms with van der Waals surface area (Å²) < 4.78 is 0.550. The summed E-state index contributed by atoms with van der Waals surface area (Å²) in [7, 11) is 0. The van der Waals surface area contributed by atoms with Crippen LogP contribution in [0.5, 0.6) is 0 Å². The van der Waals surface area contributed by atoms with Crippen molar-refractivity contribution in [3.05, 3.63) is 22.6 Å². The molecule has 0 fully saturated rings. The molecule has 5 nitrogen and oxygen atoms in total. The van der Waals surface area contributed by atoms with Crippen molar-refractivity contribution in [1.82, 2.24) is 25.4 Å². The van der Waals surface area contributed by atoms with Gasteiger partial charge in [0.1, 0.15) is 10.3 Å². The van der Waals surface area contributed by atoms with Crippen LogP contribution in [0.25, 0.3) is 11.5 Å². The molecule has 0 radical (unpaired) electrons. The predicted octanol–water partition coefficient (Wildman–Crippen LogP) is 1.23. The number of nitrogens with zero attached hydrogens (tertiary/aromatic N) is 3. The summed E-state index contributed by atoms with van der Waals surface area (Å²) in [6.45, 7) is 1.92. The van der Waals surface area contributed by atoms with Crippen LogP contribution in [0.2, 0.25) is 0 Å². The first-order valence-electron chi connectivity index (χ1n) is 3.70. The fourth-order valence-corrected chi connectivity index (χ4v) is 1.28. The molecule has 2 aromatic heterocycles. The number of aromatic nitrogens is 5. The third kappa shape index (κ3) is 1.62. The molecule has 0 bridgehead atoms. The lowest BCUT2D eigenvalue weighted by molar-refractivity contribution is 0.936. The molecule has 0 saturated heterocycles. The molecule has 0 atom stereocenters. The molecule has 2 rings (SSSR count). The Hall–Kier alpha value is -1.56. The van der Waals surface area contributed by atoms with E-state index in [1.165, 1.54) is 0 Å². The summed E-state index contributed by atoms with van der Waals surface area (Å²) in [6.07, 6.45) is 1.59. The Kier molecular flexibility index (Phi) is 1.90. The molecular weight excluding hydrogens is 186 g/mol. The normalized spacial score (nSPS) is 10.2. The van der Waals surface area contributed by atoms with Gasteiger partial charge in [-0.2, -0.15) is 15.4 Å². The van der Waals surface area contributed by atoms with Crippen LogP contribution in [0.4, 0.5) is 0 Å². The van der Waals surface area contributed by atoms with E-state index in [1.807, 2.05) is 6.92 Å². The lowest BCUT2D eigenvalue weighted by Crippen LogP contribution is -1.92. The first-order valence-corrected chi connectivity index (χ1v) is 4.10. The van der Waals surface area contributed by atoms with Crippen LogP contribution >= 0.6 is 12.2 Å². The van der Waals surface area contributed by atoms with E-state index in [9.17, 15) is 0 Å². The number of hydrogen-bond acceptors (Lipinski definition) is 4. The fourth-order valence-electron chi connectivity index (χ4n) is 1.02. The third-order valence-corrected chi connectivity index (χ3v) is 1.74. The second-order valence-electron chi connectivity index (χ2n) is 2.61. The van der Waals surface area contributed by atoms with Crippen molar-refractivity contribution in [3.8, 4) is 11.5 Å². The molecule has 0 saturated carbocycles. The van der Waals surface area contributed by atoms with Crippen molar-refractivity contribution >= 4 is 12.2 Å². The van der Waals surface area contributed by atoms with Crippen molar-refractivity contribution in [2.45, 2.75) is 6.92 Å². The Labute approximate surface area is 79.2 Å². The minimum atomic E-state index is 0.550. The standard InChI is InChI=1S/C7H7N5S/c1-4-2-6(13)10-7(9-4)5-3-8-12-11-5/h2-3H,1H3,(H,8,11,12)(H,9,10,13). The number of aryl methyl sites for hydroxylation is 1. The number of hydrogen-bond donors (Lipinski definition) is 2. The molecule has 0 aromatic carbocycles. The molecule has 0 aliphatic heterocycles. The number of H-pyrrole nitrogens is 2. The van der Waals surface area contributed by atoms with Crippen molar-refractivity contribution in [3.63, 3.8) is 0 Å². The maximum Gasteiger partial charge on any atom is 0.161 e. The van der Waals surface area contributed by atoms with Gasteiger partial charge in [0.15, 0.2) is 5.82 Å². The van der Waals surface area contributed by atoms with E-state index in [1.54, 1.807) is 12.3 Å². The lowest BCUT2D eigenvalue weighted by Gasteiger charge is -1.97. The van der Waals surface area contributed by atoms with Gasteiger partial charge in [0.05, 0.1) is 6.20 Å². The van der Waals surface area contributed by atoms with E-state index in [-0.39, 0.29) is 0 Å². The van der Waals surface area contributed by atoms with Crippen molar-refractivity contribution in [2.75, 3.05) is 0 Å². The van der Waals surface area contributed by atoms with Crippen LogP contribution in [0.1, 0.15) is 5.69 Å². The highest BCUT2D eigenvalue weighted by Crippen LogP contribution is 2.08. The van der Waals surface area contributed by atoms with Crippen LogP contribution in [-0.4, -0.2) is 25.4 Å². The van der Waals surface area contributed by atoms with Gasteiger partial charge in [-0.15, -0.1) is 0 Å². The number of rotatable bonds is 1. The predicted molar refractivity (Wildman–Crippen MR) is 49.5 cm³/mol. The number of aromatic amines is 2. The van der Waals surface area contributed by atoms with Crippen LogP contribution in [0, 0.1) is 11.6 Å². The van der Waals surface area contributed by atoms with E-state index >= 15 is 0 Å². The Morgan fingerprint density at radius 1 is 1.46 bits per heavy atom. The quantitative estimate of drug-likeness (QED) is 0.668. The van der Waals surface area contributed by atoms with Crippen LogP contribution in [-0.2, 0) is 0 Å². The summed E-state index contributed by atoms with van der Waals surface area (Å²) >= 11 is 4.97. The van der Waals surface area contributed by atoms with Gasteiger partial charge in [0, 0.05) is 5.69 Å². The fraction of sp³-hybridized carbons (Fsp3) is 0.143. The highest BCUT2D eigenvalue weighted by atomic mass is 32.1. The maximum absolute atomic E-state index is 4.97. The molecule has 0 amide bonds. The zero-order valence-corrected chi connectivity index (χ0v) is 7.72. The monoisotopic (exact) mass is 193 g/mol. The summed E-state index contributed by atoms with van der Waals surface area (Å²) in [6, 6.07) is 1.79. The molecule has 0 aliphatic carbocycles. The molecule has 66 valence electrons. The van der Waals surface area contributed by atoms with Gasteiger partial charge in [-0.1, -0.05) is 12.2 Å². The second-order valence-corrected chi connectivity index (χ2v) is 3.02. The highest BCUT2D eigenvalue weighted by Gasteiger charge is 2.02. The van der Waals surface area contributed by atoms with E-state index in [0.717, 1.165) is 5.69 Å². The molecule has 0 aliphatic rings. The molecule has 0 spiro atoms. The second kappa shape index (κ2) is 3.06.